The lowest BCUT2D eigenvalue weighted by Crippen LogP contribution is -2.55. The molecular formula is C19H25ClN2O2. The standard InChI is InChI=1S/C19H25ClN2O2/c1-15(23)21-10-12-22(13-11-21)18(24)19(8-3-2-4-9-19)16-6-5-7-17(20)14-16/h5-7,14H,2-4,8-13H2,1H3. The number of amides is 2. The topological polar surface area (TPSA) is 40.6 Å². The van der Waals surface area contributed by atoms with Crippen LogP contribution in [0, 0.1) is 0 Å². The van der Waals surface area contributed by atoms with E-state index >= 15 is 0 Å². The molecule has 1 saturated heterocycles. The van der Waals surface area contributed by atoms with Crippen LogP contribution in [0.25, 0.3) is 0 Å². The van der Waals surface area contributed by atoms with E-state index in [4.69, 9.17) is 11.6 Å². The maximum atomic E-state index is 13.4. The Bertz CT molecular complexity index is 618. The van der Waals surface area contributed by atoms with E-state index in [9.17, 15) is 9.59 Å². The number of hydrogen-bond acceptors (Lipinski definition) is 2. The van der Waals surface area contributed by atoms with Crippen LogP contribution in [-0.2, 0) is 15.0 Å². The first-order valence-corrected chi connectivity index (χ1v) is 9.22. The normalized spacial score (nSPS) is 20.8. The fourth-order valence-electron chi connectivity index (χ4n) is 4.09. The van der Waals surface area contributed by atoms with Gasteiger partial charge in [-0.1, -0.05) is 43.0 Å². The first-order chi connectivity index (χ1) is 11.5. The SMILES string of the molecule is CC(=O)N1CCN(C(=O)C2(c3cccc(Cl)c3)CCCCC2)CC1. The highest BCUT2D eigenvalue weighted by molar-refractivity contribution is 6.30. The van der Waals surface area contributed by atoms with Gasteiger partial charge in [0.1, 0.15) is 0 Å². The summed E-state index contributed by atoms with van der Waals surface area (Å²) in [4.78, 5) is 28.7. The van der Waals surface area contributed by atoms with Crippen LogP contribution in [-0.4, -0.2) is 47.8 Å². The summed E-state index contributed by atoms with van der Waals surface area (Å²) >= 11 is 6.20. The molecule has 0 N–H and O–H groups in total. The predicted molar refractivity (Wildman–Crippen MR) is 95.0 cm³/mol. The lowest BCUT2D eigenvalue weighted by molar-refractivity contribution is -0.143. The van der Waals surface area contributed by atoms with Gasteiger partial charge in [0.05, 0.1) is 5.41 Å². The van der Waals surface area contributed by atoms with Gasteiger partial charge in [-0.2, -0.15) is 0 Å². The smallest absolute Gasteiger partial charge is 0.233 e. The van der Waals surface area contributed by atoms with Gasteiger partial charge in [0.25, 0.3) is 0 Å². The lowest BCUT2D eigenvalue weighted by Gasteiger charge is -2.43. The average Bonchev–Trinajstić information content (AvgIpc) is 2.62. The zero-order chi connectivity index (χ0) is 17.2. The van der Waals surface area contributed by atoms with Crippen molar-refractivity contribution < 1.29 is 9.59 Å². The highest BCUT2D eigenvalue weighted by Gasteiger charge is 2.44. The summed E-state index contributed by atoms with van der Waals surface area (Å²) in [5, 5.41) is 0.687. The minimum absolute atomic E-state index is 0.0873. The molecule has 5 heteroatoms. The summed E-state index contributed by atoms with van der Waals surface area (Å²) < 4.78 is 0. The van der Waals surface area contributed by atoms with Crippen molar-refractivity contribution in [2.75, 3.05) is 26.2 Å². The fourth-order valence-corrected chi connectivity index (χ4v) is 4.28. The third-order valence-corrected chi connectivity index (χ3v) is 5.74. The van der Waals surface area contributed by atoms with Crippen LogP contribution >= 0.6 is 11.6 Å². The van der Waals surface area contributed by atoms with E-state index < -0.39 is 5.41 Å². The minimum Gasteiger partial charge on any atom is -0.339 e. The molecule has 2 amide bonds. The Morgan fingerprint density at radius 2 is 1.62 bits per heavy atom. The van der Waals surface area contributed by atoms with E-state index in [0.29, 0.717) is 31.2 Å². The number of carbonyl (C=O) groups is 2. The molecule has 3 rings (SSSR count). The van der Waals surface area contributed by atoms with E-state index in [1.54, 1.807) is 6.92 Å². The van der Waals surface area contributed by atoms with Crippen molar-refractivity contribution in [3.05, 3.63) is 34.9 Å². The van der Waals surface area contributed by atoms with Crippen molar-refractivity contribution in [2.45, 2.75) is 44.4 Å². The molecule has 0 spiro atoms. The van der Waals surface area contributed by atoms with Crippen molar-refractivity contribution in [3.8, 4) is 0 Å². The molecule has 0 bridgehead atoms. The molecule has 0 aromatic heterocycles. The van der Waals surface area contributed by atoms with Crippen LogP contribution in [0.2, 0.25) is 5.02 Å². The van der Waals surface area contributed by atoms with Crippen LogP contribution in [0.5, 0.6) is 0 Å². The molecule has 24 heavy (non-hydrogen) atoms. The van der Waals surface area contributed by atoms with Crippen LogP contribution < -0.4 is 0 Å². The molecule has 0 unspecified atom stereocenters. The van der Waals surface area contributed by atoms with Crippen molar-refractivity contribution in [2.24, 2.45) is 0 Å². The van der Waals surface area contributed by atoms with Gasteiger partial charge >= 0.3 is 0 Å². The number of hydrogen-bond donors (Lipinski definition) is 0. The number of piperazine rings is 1. The summed E-state index contributed by atoms with van der Waals surface area (Å²) in [6.45, 7) is 4.10. The summed E-state index contributed by atoms with van der Waals surface area (Å²) in [5.74, 6) is 0.303. The first-order valence-electron chi connectivity index (χ1n) is 8.84. The van der Waals surface area contributed by atoms with Crippen LogP contribution in [0.15, 0.2) is 24.3 Å². The molecule has 4 nitrogen and oxygen atoms in total. The Balaban J connectivity index is 1.84. The van der Waals surface area contributed by atoms with Crippen molar-refractivity contribution in [3.63, 3.8) is 0 Å². The Morgan fingerprint density at radius 3 is 2.21 bits per heavy atom. The summed E-state index contributed by atoms with van der Waals surface area (Å²) in [7, 11) is 0. The fraction of sp³-hybridized carbons (Fsp3) is 0.579. The number of rotatable bonds is 2. The zero-order valence-corrected chi connectivity index (χ0v) is 15.0. The van der Waals surface area contributed by atoms with Gasteiger partial charge in [0.15, 0.2) is 0 Å². The van der Waals surface area contributed by atoms with E-state index in [-0.39, 0.29) is 11.8 Å². The molecule has 1 heterocycles. The van der Waals surface area contributed by atoms with Gasteiger partial charge in [0.2, 0.25) is 11.8 Å². The molecule has 130 valence electrons. The van der Waals surface area contributed by atoms with Gasteiger partial charge in [-0.15, -0.1) is 0 Å². The zero-order valence-electron chi connectivity index (χ0n) is 14.3. The predicted octanol–water partition coefficient (Wildman–Crippen LogP) is 3.23. The number of halogens is 1. The van der Waals surface area contributed by atoms with Gasteiger partial charge in [-0.3, -0.25) is 9.59 Å². The molecule has 1 aromatic carbocycles. The molecule has 1 saturated carbocycles. The first kappa shape index (κ1) is 17.3. The second-order valence-electron chi connectivity index (χ2n) is 6.95. The van der Waals surface area contributed by atoms with Gasteiger partial charge in [-0.05, 0) is 30.5 Å². The number of carbonyl (C=O) groups excluding carboxylic acids is 2. The van der Waals surface area contributed by atoms with Gasteiger partial charge in [0, 0.05) is 38.1 Å². The second-order valence-corrected chi connectivity index (χ2v) is 7.39. The largest absolute Gasteiger partial charge is 0.339 e. The maximum absolute atomic E-state index is 13.4. The molecular weight excluding hydrogens is 324 g/mol. The molecule has 1 aliphatic heterocycles. The molecule has 2 fully saturated rings. The number of benzene rings is 1. The van der Waals surface area contributed by atoms with Gasteiger partial charge in [-0.25, -0.2) is 0 Å². The monoisotopic (exact) mass is 348 g/mol. The molecule has 1 aliphatic carbocycles. The van der Waals surface area contributed by atoms with E-state index in [2.05, 4.69) is 0 Å². The highest BCUT2D eigenvalue weighted by atomic mass is 35.5. The molecule has 0 radical (unpaired) electrons. The Kier molecular flexibility index (Phi) is 5.14. The summed E-state index contributed by atoms with van der Waals surface area (Å²) in [6, 6.07) is 7.80. The van der Waals surface area contributed by atoms with Crippen molar-refractivity contribution in [1.29, 1.82) is 0 Å². The Hall–Kier alpha value is -1.55. The lowest BCUT2D eigenvalue weighted by atomic mass is 9.68. The van der Waals surface area contributed by atoms with E-state index in [1.807, 2.05) is 34.1 Å². The second kappa shape index (κ2) is 7.14. The Labute approximate surface area is 148 Å². The molecule has 1 aromatic rings. The summed E-state index contributed by atoms with van der Waals surface area (Å²) in [6.07, 6.45) is 5.11. The minimum atomic E-state index is -0.443. The molecule has 2 aliphatic rings. The van der Waals surface area contributed by atoms with E-state index in [0.717, 1.165) is 31.2 Å². The third kappa shape index (κ3) is 3.30. The Morgan fingerprint density at radius 1 is 1.00 bits per heavy atom. The van der Waals surface area contributed by atoms with Crippen LogP contribution in [0.1, 0.15) is 44.6 Å². The van der Waals surface area contributed by atoms with Crippen molar-refractivity contribution in [1.82, 2.24) is 9.80 Å². The number of nitrogens with zero attached hydrogens (tertiary/aromatic N) is 2. The van der Waals surface area contributed by atoms with Crippen LogP contribution in [0.4, 0.5) is 0 Å². The highest BCUT2D eigenvalue weighted by Crippen LogP contribution is 2.41. The maximum Gasteiger partial charge on any atom is 0.233 e. The quantitative estimate of drug-likeness (QED) is 0.823. The van der Waals surface area contributed by atoms with Gasteiger partial charge < -0.3 is 9.80 Å². The third-order valence-electron chi connectivity index (χ3n) is 5.51. The van der Waals surface area contributed by atoms with Crippen LogP contribution in [0.3, 0.4) is 0 Å². The average molecular weight is 349 g/mol. The van der Waals surface area contributed by atoms with E-state index in [1.165, 1.54) is 6.42 Å². The summed E-state index contributed by atoms with van der Waals surface area (Å²) in [5.41, 5.74) is 0.607. The van der Waals surface area contributed by atoms with Crippen molar-refractivity contribution >= 4 is 23.4 Å². The molecule has 0 atom stereocenters.